The first-order chi connectivity index (χ1) is 12.1. The van der Waals surface area contributed by atoms with Crippen LogP contribution < -0.4 is 10.9 Å². The van der Waals surface area contributed by atoms with E-state index in [-0.39, 0.29) is 0 Å². The summed E-state index contributed by atoms with van der Waals surface area (Å²) in [5, 5.41) is 15.8. The van der Waals surface area contributed by atoms with Crippen LogP contribution >= 0.6 is 0 Å². The van der Waals surface area contributed by atoms with Crippen molar-refractivity contribution in [1.82, 2.24) is 9.78 Å². The van der Waals surface area contributed by atoms with Crippen LogP contribution in [0.2, 0.25) is 0 Å². The summed E-state index contributed by atoms with van der Waals surface area (Å²) < 4.78 is 6.37. The van der Waals surface area contributed by atoms with Gasteiger partial charge in [0.25, 0.3) is 5.56 Å². The summed E-state index contributed by atoms with van der Waals surface area (Å²) in [7, 11) is 0. The van der Waals surface area contributed by atoms with Crippen molar-refractivity contribution in [2.24, 2.45) is 0 Å². The first-order valence-corrected chi connectivity index (χ1v) is 7.53. The van der Waals surface area contributed by atoms with Gasteiger partial charge in [0, 0.05) is 11.8 Å². The Bertz CT molecular complexity index is 1000. The molecule has 7 heteroatoms. The van der Waals surface area contributed by atoms with E-state index in [0.717, 1.165) is 4.68 Å². The van der Waals surface area contributed by atoms with Crippen molar-refractivity contribution < 1.29 is 9.21 Å². The van der Waals surface area contributed by atoms with Crippen molar-refractivity contribution in [3.63, 3.8) is 0 Å². The van der Waals surface area contributed by atoms with Crippen molar-refractivity contribution in [3.05, 3.63) is 70.7 Å². The highest BCUT2D eigenvalue weighted by atomic mass is 16.3. The molecule has 0 aliphatic carbocycles. The molecule has 0 aliphatic heterocycles. The first-order valence-electron chi connectivity index (χ1n) is 7.53. The number of benzene rings is 1. The van der Waals surface area contributed by atoms with Gasteiger partial charge >= 0.3 is 0 Å². The number of anilines is 1. The highest BCUT2D eigenvalue weighted by molar-refractivity contribution is 5.93. The third-order valence-corrected chi connectivity index (χ3v) is 3.60. The van der Waals surface area contributed by atoms with Gasteiger partial charge in [-0.3, -0.25) is 9.59 Å². The fraction of sp³-hybridized carbons (Fsp3) is 0.111. The number of nitriles is 1. The molecular weight excluding hydrogens is 320 g/mol. The number of carbonyl (C=O) groups excluding carboxylic acids is 1. The van der Waals surface area contributed by atoms with Gasteiger partial charge in [0.2, 0.25) is 5.91 Å². The molecule has 3 rings (SSSR count). The first kappa shape index (κ1) is 16.2. The zero-order valence-corrected chi connectivity index (χ0v) is 13.3. The average Bonchev–Trinajstić information content (AvgIpc) is 3.16. The van der Waals surface area contributed by atoms with Gasteiger partial charge in [0.05, 0.1) is 17.9 Å². The highest BCUT2D eigenvalue weighted by Gasteiger charge is 2.18. The number of carbonyl (C=O) groups is 1. The van der Waals surface area contributed by atoms with Crippen LogP contribution in [0.1, 0.15) is 18.5 Å². The minimum Gasteiger partial charge on any atom is -0.463 e. The topological polar surface area (TPSA) is 101 Å². The predicted molar refractivity (Wildman–Crippen MR) is 90.7 cm³/mol. The van der Waals surface area contributed by atoms with Gasteiger partial charge in [-0.25, -0.2) is 4.68 Å². The molecule has 1 amide bonds. The lowest BCUT2D eigenvalue weighted by atomic mass is 10.2. The summed E-state index contributed by atoms with van der Waals surface area (Å²) in [5.41, 5.74) is 0.964. The summed E-state index contributed by atoms with van der Waals surface area (Å²) in [6.07, 6.45) is 1.50. The zero-order valence-electron chi connectivity index (χ0n) is 13.3. The molecule has 2 heterocycles. The molecular formula is C18H14N4O3. The van der Waals surface area contributed by atoms with Crippen molar-refractivity contribution >= 4 is 11.6 Å². The van der Waals surface area contributed by atoms with E-state index in [0.29, 0.717) is 22.7 Å². The molecule has 25 heavy (non-hydrogen) atoms. The number of nitrogens with one attached hydrogen (secondary N) is 1. The van der Waals surface area contributed by atoms with Crippen LogP contribution in [0.3, 0.4) is 0 Å². The smallest absolute Gasteiger partial charge is 0.267 e. The molecule has 1 atom stereocenters. The van der Waals surface area contributed by atoms with E-state index in [1.807, 2.05) is 6.07 Å². The van der Waals surface area contributed by atoms with Gasteiger partial charge < -0.3 is 9.73 Å². The van der Waals surface area contributed by atoms with Crippen LogP contribution in [0.4, 0.5) is 5.69 Å². The fourth-order valence-electron chi connectivity index (χ4n) is 2.28. The van der Waals surface area contributed by atoms with Crippen molar-refractivity contribution in [2.45, 2.75) is 13.0 Å². The lowest BCUT2D eigenvalue weighted by Crippen LogP contribution is -2.33. The number of hydrogen-bond acceptors (Lipinski definition) is 5. The van der Waals surface area contributed by atoms with Crippen LogP contribution in [0.5, 0.6) is 0 Å². The number of nitrogens with zero attached hydrogens (tertiary/aromatic N) is 3. The highest BCUT2D eigenvalue weighted by Crippen LogP contribution is 2.17. The standard InChI is InChI=1S/C18H14N4O3/c1-12(18(24)20-14-5-2-4-13(10-14)11-19)22-17(23)8-7-15(21-22)16-6-3-9-25-16/h2-10,12H,1H3,(H,20,24). The van der Waals surface area contributed by atoms with Crippen LogP contribution in [0, 0.1) is 11.3 Å². The molecule has 0 saturated carbocycles. The quantitative estimate of drug-likeness (QED) is 0.790. The Balaban J connectivity index is 1.86. The number of hydrogen-bond donors (Lipinski definition) is 1. The maximum atomic E-state index is 12.4. The second-order valence-corrected chi connectivity index (χ2v) is 5.34. The molecule has 0 saturated heterocycles. The minimum atomic E-state index is -0.840. The van der Waals surface area contributed by atoms with Gasteiger partial charge in [0.1, 0.15) is 11.7 Å². The third-order valence-electron chi connectivity index (χ3n) is 3.60. The number of aromatic nitrogens is 2. The Morgan fingerprint density at radius 2 is 2.12 bits per heavy atom. The Morgan fingerprint density at radius 3 is 2.84 bits per heavy atom. The van der Waals surface area contributed by atoms with Crippen LogP contribution in [0.15, 0.2) is 64.0 Å². The van der Waals surface area contributed by atoms with E-state index in [2.05, 4.69) is 10.4 Å². The molecule has 1 aromatic carbocycles. The van der Waals surface area contributed by atoms with Crippen LogP contribution in [-0.2, 0) is 4.79 Å². The van der Waals surface area contributed by atoms with E-state index < -0.39 is 17.5 Å². The second kappa shape index (κ2) is 6.84. The van der Waals surface area contributed by atoms with Gasteiger partial charge in [-0.05, 0) is 43.3 Å². The Hall–Kier alpha value is -3.66. The molecule has 1 unspecified atom stereocenters. The van der Waals surface area contributed by atoms with Crippen molar-refractivity contribution in [2.75, 3.05) is 5.32 Å². The summed E-state index contributed by atoms with van der Waals surface area (Å²) in [4.78, 5) is 24.5. The molecule has 124 valence electrons. The molecule has 1 N–H and O–H groups in total. The fourth-order valence-corrected chi connectivity index (χ4v) is 2.28. The summed E-state index contributed by atoms with van der Waals surface area (Å²) >= 11 is 0. The number of furan rings is 1. The Morgan fingerprint density at radius 1 is 1.28 bits per heavy atom. The van der Waals surface area contributed by atoms with E-state index in [1.54, 1.807) is 49.4 Å². The SMILES string of the molecule is CC(C(=O)Nc1cccc(C#N)c1)n1nc(-c2ccco2)ccc1=O. The molecule has 7 nitrogen and oxygen atoms in total. The van der Waals surface area contributed by atoms with Gasteiger partial charge in [0.15, 0.2) is 5.76 Å². The largest absolute Gasteiger partial charge is 0.463 e. The van der Waals surface area contributed by atoms with Crippen LogP contribution in [-0.4, -0.2) is 15.7 Å². The van der Waals surface area contributed by atoms with E-state index >= 15 is 0 Å². The van der Waals surface area contributed by atoms with E-state index in [1.165, 1.54) is 12.3 Å². The van der Waals surface area contributed by atoms with Crippen molar-refractivity contribution in [1.29, 1.82) is 5.26 Å². The van der Waals surface area contributed by atoms with Gasteiger partial charge in [-0.2, -0.15) is 10.4 Å². The van der Waals surface area contributed by atoms with Crippen LogP contribution in [0.25, 0.3) is 11.5 Å². The zero-order chi connectivity index (χ0) is 17.8. The normalized spacial score (nSPS) is 11.5. The summed E-state index contributed by atoms with van der Waals surface area (Å²) in [6, 6.07) is 14.0. The Kier molecular flexibility index (Phi) is 4.44. The number of amides is 1. The average molecular weight is 334 g/mol. The molecule has 0 fully saturated rings. The van der Waals surface area contributed by atoms with Gasteiger partial charge in [-0.15, -0.1) is 0 Å². The summed E-state index contributed by atoms with van der Waals surface area (Å²) in [5.74, 6) is 0.0874. The van der Waals surface area contributed by atoms with Crippen molar-refractivity contribution in [3.8, 4) is 17.5 Å². The summed E-state index contributed by atoms with van der Waals surface area (Å²) in [6.45, 7) is 1.57. The molecule has 3 aromatic rings. The monoisotopic (exact) mass is 334 g/mol. The lowest BCUT2D eigenvalue weighted by Gasteiger charge is -2.14. The van der Waals surface area contributed by atoms with E-state index in [4.69, 9.17) is 9.68 Å². The maximum absolute atomic E-state index is 12.4. The number of rotatable bonds is 4. The maximum Gasteiger partial charge on any atom is 0.267 e. The molecule has 0 spiro atoms. The van der Waals surface area contributed by atoms with E-state index in [9.17, 15) is 9.59 Å². The lowest BCUT2D eigenvalue weighted by molar-refractivity contribution is -0.119. The predicted octanol–water partition coefficient (Wildman–Crippen LogP) is 2.57. The van der Waals surface area contributed by atoms with Gasteiger partial charge in [-0.1, -0.05) is 6.07 Å². The molecule has 0 radical (unpaired) electrons. The Labute approximate surface area is 143 Å². The molecule has 0 bridgehead atoms. The minimum absolute atomic E-state index is 0.399. The second-order valence-electron chi connectivity index (χ2n) is 5.34. The molecule has 2 aromatic heterocycles. The third kappa shape index (κ3) is 3.48. The molecule has 0 aliphatic rings.